The van der Waals surface area contributed by atoms with Gasteiger partial charge in [0.25, 0.3) is 5.69 Å². The monoisotopic (exact) mass is 316 g/mol. The Morgan fingerprint density at radius 1 is 1.61 bits per heavy atom. The number of nitrogens with zero attached hydrogens (tertiary/aromatic N) is 2. The lowest BCUT2D eigenvalue weighted by Crippen LogP contribution is -2.13. The van der Waals surface area contributed by atoms with Gasteiger partial charge >= 0.3 is 5.97 Å². The summed E-state index contributed by atoms with van der Waals surface area (Å²) in [4.78, 5) is 24.2. The van der Waals surface area contributed by atoms with Crippen molar-refractivity contribution in [2.45, 2.75) is 13.0 Å². The zero-order valence-electron chi connectivity index (χ0n) is 9.20. The molecule has 1 aromatic rings. The Morgan fingerprint density at radius 3 is 2.72 bits per heavy atom. The van der Waals surface area contributed by atoms with Gasteiger partial charge in [-0.3, -0.25) is 15.1 Å². The molecule has 0 saturated carbocycles. The predicted molar refractivity (Wildman–Crippen MR) is 67.2 cm³/mol. The standard InChI is InChI=1S/C10H9BrN2O5/c1-5(10(15)16)12-4-6-2-7(13(17)18)3-8(11)9(6)14/h2-5,14H,1H3,(H,15,16)/t5-/m0/s1. The summed E-state index contributed by atoms with van der Waals surface area (Å²) in [6, 6.07) is 1.26. The van der Waals surface area contributed by atoms with Gasteiger partial charge in [0.05, 0.1) is 9.40 Å². The second-order valence-electron chi connectivity index (χ2n) is 3.41. The van der Waals surface area contributed by atoms with Crippen LogP contribution in [0.3, 0.4) is 0 Å². The molecule has 1 atom stereocenters. The molecule has 0 spiro atoms. The first-order chi connectivity index (χ1) is 8.32. The topological polar surface area (TPSA) is 113 Å². The molecule has 0 fully saturated rings. The van der Waals surface area contributed by atoms with Crippen LogP contribution in [0.4, 0.5) is 5.69 Å². The van der Waals surface area contributed by atoms with Crippen molar-refractivity contribution in [1.29, 1.82) is 0 Å². The Bertz CT molecular complexity index is 529. The van der Waals surface area contributed by atoms with Gasteiger partial charge in [0, 0.05) is 23.9 Å². The number of hydrogen-bond acceptors (Lipinski definition) is 5. The largest absolute Gasteiger partial charge is 0.506 e. The van der Waals surface area contributed by atoms with Crippen molar-refractivity contribution in [3.8, 4) is 5.75 Å². The third-order valence-electron chi connectivity index (χ3n) is 2.08. The van der Waals surface area contributed by atoms with E-state index in [-0.39, 0.29) is 21.5 Å². The number of hydrogen-bond donors (Lipinski definition) is 2. The minimum atomic E-state index is -1.13. The molecule has 0 bridgehead atoms. The fourth-order valence-corrected chi connectivity index (χ4v) is 1.53. The molecule has 2 N–H and O–H groups in total. The average Bonchev–Trinajstić information content (AvgIpc) is 2.29. The Balaban J connectivity index is 3.16. The number of aromatic hydroxyl groups is 1. The normalized spacial score (nSPS) is 12.6. The maximum absolute atomic E-state index is 10.6. The van der Waals surface area contributed by atoms with Crippen LogP contribution in [0.1, 0.15) is 12.5 Å². The van der Waals surface area contributed by atoms with Crippen LogP contribution in [-0.2, 0) is 4.79 Å². The molecule has 0 saturated heterocycles. The van der Waals surface area contributed by atoms with Crippen LogP contribution in [0.25, 0.3) is 0 Å². The third kappa shape index (κ3) is 3.27. The summed E-state index contributed by atoms with van der Waals surface area (Å²) in [7, 11) is 0. The van der Waals surface area contributed by atoms with Crippen LogP contribution in [-0.4, -0.2) is 33.4 Å². The molecule has 0 aliphatic heterocycles. The average molecular weight is 317 g/mol. The molecule has 8 heteroatoms. The minimum Gasteiger partial charge on any atom is -0.506 e. The quantitative estimate of drug-likeness (QED) is 0.500. The molecule has 0 aliphatic rings. The summed E-state index contributed by atoms with van der Waals surface area (Å²) in [5, 5.41) is 28.9. The lowest BCUT2D eigenvalue weighted by atomic mass is 10.2. The lowest BCUT2D eigenvalue weighted by molar-refractivity contribution is -0.385. The van der Waals surface area contributed by atoms with E-state index in [0.29, 0.717) is 0 Å². The van der Waals surface area contributed by atoms with E-state index in [2.05, 4.69) is 20.9 Å². The molecule has 0 amide bonds. The van der Waals surface area contributed by atoms with Crippen LogP contribution in [0.15, 0.2) is 21.6 Å². The van der Waals surface area contributed by atoms with Crippen LogP contribution in [0.5, 0.6) is 5.75 Å². The predicted octanol–water partition coefficient (Wildman–Crippen LogP) is 1.95. The van der Waals surface area contributed by atoms with E-state index in [1.165, 1.54) is 6.92 Å². The highest BCUT2D eigenvalue weighted by Crippen LogP contribution is 2.31. The van der Waals surface area contributed by atoms with Gasteiger partial charge in [-0.1, -0.05) is 0 Å². The third-order valence-corrected chi connectivity index (χ3v) is 2.69. The summed E-state index contributed by atoms with van der Waals surface area (Å²) >= 11 is 2.97. The zero-order valence-corrected chi connectivity index (χ0v) is 10.8. The molecule has 7 nitrogen and oxygen atoms in total. The van der Waals surface area contributed by atoms with Gasteiger partial charge in [0.2, 0.25) is 0 Å². The number of carboxylic acids is 1. The number of aliphatic carboxylic acids is 1. The SMILES string of the molecule is C[C@H](N=Cc1cc([N+](=O)[O-])cc(Br)c1O)C(=O)O. The molecule has 0 radical (unpaired) electrons. The molecule has 1 aromatic carbocycles. The summed E-state index contributed by atoms with van der Waals surface area (Å²) in [6.07, 6.45) is 1.09. The molecular formula is C10H9BrN2O5. The van der Waals surface area contributed by atoms with Crippen molar-refractivity contribution in [3.05, 3.63) is 32.3 Å². The smallest absolute Gasteiger partial charge is 0.328 e. The van der Waals surface area contributed by atoms with Crippen molar-refractivity contribution in [1.82, 2.24) is 0 Å². The molecule has 0 aliphatic carbocycles. The summed E-state index contributed by atoms with van der Waals surface area (Å²) in [6.45, 7) is 1.35. The van der Waals surface area contributed by atoms with Crippen LogP contribution < -0.4 is 0 Å². The van der Waals surface area contributed by atoms with Crippen molar-refractivity contribution in [2.75, 3.05) is 0 Å². The number of rotatable bonds is 4. The van der Waals surface area contributed by atoms with E-state index in [9.17, 15) is 20.0 Å². The molecule has 0 unspecified atom stereocenters. The first-order valence-corrected chi connectivity index (χ1v) is 5.55. The fraction of sp³-hybridized carbons (Fsp3) is 0.200. The number of aliphatic imine (C=N–C) groups is 1. The van der Waals surface area contributed by atoms with Gasteiger partial charge in [0.15, 0.2) is 0 Å². The van der Waals surface area contributed by atoms with Gasteiger partial charge in [-0.15, -0.1) is 0 Å². The minimum absolute atomic E-state index is 0.0733. The number of phenolic OH excluding ortho intramolecular Hbond substituents is 1. The number of nitro groups is 1. The maximum atomic E-state index is 10.6. The van der Waals surface area contributed by atoms with Crippen LogP contribution in [0.2, 0.25) is 0 Å². The first kappa shape index (κ1) is 14.1. The number of halogens is 1. The van der Waals surface area contributed by atoms with E-state index >= 15 is 0 Å². The van der Waals surface area contributed by atoms with E-state index in [1.807, 2.05) is 0 Å². The number of benzene rings is 1. The highest BCUT2D eigenvalue weighted by molar-refractivity contribution is 9.10. The molecule has 0 heterocycles. The fourth-order valence-electron chi connectivity index (χ4n) is 1.07. The second-order valence-corrected chi connectivity index (χ2v) is 4.27. The number of phenols is 1. The van der Waals surface area contributed by atoms with E-state index in [0.717, 1.165) is 18.3 Å². The molecule has 96 valence electrons. The zero-order chi connectivity index (χ0) is 13.9. The molecule has 1 rings (SSSR count). The summed E-state index contributed by atoms with van der Waals surface area (Å²) < 4.78 is 0.140. The van der Waals surface area contributed by atoms with Gasteiger partial charge in [-0.05, 0) is 22.9 Å². The van der Waals surface area contributed by atoms with Crippen LogP contribution in [0, 0.1) is 10.1 Å². The van der Waals surface area contributed by atoms with Gasteiger partial charge in [-0.2, -0.15) is 0 Å². The van der Waals surface area contributed by atoms with Crippen molar-refractivity contribution >= 4 is 33.8 Å². The molecule has 0 aromatic heterocycles. The number of carboxylic acid groups (broad SMARTS) is 1. The van der Waals surface area contributed by atoms with Crippen molar-refractivity contribution in [3.63, 3.8) is 0 Å². The molecule has 18 heavy (non-hydrogen) atoms. The highest BCUT2D eigenvalue weighted by Gasteiger charge is 2.14. The van der Waals surface area contributed by atoms with E-state index in [4.69, 9.17) is 5.11 Å². The van der Waals surface area contributed by atoms with E-state index < -0.39 is 16.9 Å². The Morgan fingerprint density at radius 2 is 2.22 bits per heavy atom. The van der Waals surface area contributed by atoms with E-state index in [1.54, 1.807) is 0 Å². The van der Waals surface area contributed by atoms with Gasteiger partial charge < -0.3 is 10.2 Å². The summed E-state index contributed by atoms with van der Waals surface area (Å²) in [5.41, 5.74) is -0.159. The Hall–Kier alpha value is -1.96. The van der Waals surface area contributed by atoms with Crippen molar-refractivity contribution < 1.29 is 19.9 Å². The van der Waals surface area contributed by atoms with Gasteiger partial charge in [0.1, 0.15) is 11.8 Å². The Kier molecular flexibility index (Phi) is 4.38. The highest BCUT2D eigenvalue weighted by atomic mass is 79.9. The second kappa shape index (κ2) is 5.58. The van der Waals surface area contributed by atoms with Gasteiger partial charge in [-0.25, -0.2) is 4.79 Å². The first-order valence-electron chi connectivity index (χ1n) is 4.75. The summed E-state index contributed by atoms with van der Waals surface area (Å²) in [5.74, 6) is -1.36. The van der Waals surface area contributed by atoms with Crippen molar-refractivity contribution in [2.24, 2.45) is 4.99 Å². The number of nitro benzene ring substituents is 1. The Labute approximate surface area is 110 Å². The van der Waals surface area contributed by atoms with Crippen LogP contribution >= 0.6 is 15.9 Å². The number of carbonyl (C=O) groups is 1. The number of non-ortho nitro benzene ring substituents is 1. The maximum Gasteiger partial charge on any atom is 0.328 e. The molecular weight excluding hydrogens is 308 g/mol. The lowest BCUT2D eigenvalue weighted by Gasteiger charge is -2.03.